The Bertz CT molecular complexity index is 1120. The van der Waals surface area contributed by atoms with Gasteiger partial charge in [-0.3, -0.25) is 9.10 Å². The summed E-state index contributed by atoms with van der Waals surface area (Å²) in [4.78, 5) is 12.8. The van der Waals surface area contributed by atoms with E-state index in [0.717, 1.165) is 17.4 Å². The standard InChI is InChI=1S/C24H25FN2O3S/c1-31(29,30)27(18-20-8-3-2-4-9-20)23-12-6-5-11-22(23)24(28)26-17-7-10-19-13-15-21(25)16-14-19/h2-6,8-9,11-16H,7,10,17-18H2,1H3,(H,26,28). The van der Waals surface area contributed by atoms with Crippen LogP contribution >= 0.6 is 0 Å². The lowest BCUT2D eigenvalue weighted by Gasteiger charge is -2.24. The molecule has 0 aliphatic heterocycles. The van der Waals surface area contributed by atoms with Gasteiger partial charge in [-0.05, 0) is 48.2 Å². The summed E-state index contributed by atoms with van der Waals surface area (Å²) >= 11 is 0. The van der Waals surface area contributed by atoms with Gasteiger partial charge in [0.15, 0.2) is 0 Å². The van der Waals surface area contributed by atoms with Crippen LogP contribution in [0.5, 0.6) is 0 Å². The van der Waals surface area contributed by atoms with Gasteiger partial charge in [0.2, 0.25) is 10.0 Å². The smallest absolute Gasteiger partial charge is 0.253 e. The van der Waals surface area contributed by atoms with Crippen LogP contribution in [0, 0.1) is 5.82 Å². The van der Waals surface area contributed by atoms with E-state index in [0.29, 0.717) is 30.6 Å². The lowest BCUT2D eigenvalue weighted by Crippen LogP contribution is -2.33. The summed E-state index contributed by atoms with van der Waals surface area (Å²) in [7, 11) is -3.61. The first-order chi connectivity index (χ1) is 14.8. The molecule has 0 unspecified atom stereocenters. The first-order valence-electron chi connectivity index (χ1n) is 9.98. The molecule has 7 heteroatoms. The fraction of sp³-hybridized carbons (Fsp3) is 0.208. The molecule has 0 aliphatic rings. The molecule has 0 radical (unpaired) electrons. The van der Waals surface area contributed by atoms with Crippen LogP contribution in [0.4, 0.5) is 10.1 Å². The highest BCUT2D eigenvalue weighted by Gasteiger charge is 2.23. The van der Waals surface area contributed by atoms with Gasteiger partial charge in [0.1, 0.15) is 5.82 Å². The number of nitrogens with one attached hydrogen (secondary N) is 1. The average Bonchev–Trinajstić information content (AvgIpc) is 2.76. The molecule has 1 N–H and O–H groups in total. The summed E-state index contributed by atoms with van der Waals surface area (Å²) in [5.41, 5.74) is 2.44. The van der Waals surface area contributed by atoms with E-state index in [9.17, 15) is 17.6 Å². The second-order valence-corrected chi connectivity index (χ2v) is 9.17. The van der Waals surface area contributed by atoms with Crippen molar-refractivity contribution in [3.63, 3.8) is 0 Å². The van der Waals surface area contributed by atoms with Crippen LogP contribution in [0.15, 0.2) is 78.9 Å². The van der Waals surface area contributed by atoms with Gasteiger partial charge in [0, 0.05) is 6.54 Å². The van der Waals surface area contributed by atoms with Gasteiger partial charge in [-0.15, -0.1) is 0 Å². The third-order valence-corrected chi connectivity index (χ3v) is 5.95. The SMILES string of the molecule is CS(=O)(=O)N(Cc1ccccc1)c1ccccc1C(=O)NCCCc1ccc(F)cc1. The highest BCUT2D eigenvalue weighted by Crippen LogP contribution is 2.25. The number of halogens is 1. The van der Waals surface area contributed by atoms with Crippen molar-refractivity contribution in [3.05, 3.63) is 101 Å². The number of anilines is 1. The molecule has 0 saturated carbocycles. The fourth-order valence-electron chi connectivity index (χ4n) is 3.25. The van der Waals surface area contributed by atoms with Crippen molar-refractivity contribution in [1.82, 2.24) is 5.32 Å². The lowest BCUT2D eigenvalue weighted by atomic mass is 10.1. The number of carbonyl (C=O) groups is 1. The lowest BCUT2D eigenvalue weighted by molar-refractivity contribution is 0.0954. The highest BCUT2D eigenvalue weighted by atomic mass is 32.2. The Kier molecular flexibility index (Phi) is 7.41. The summed E-state index contributed by atoms with van der Waals surface area (Å²) in [5, 5.41) is 2.86. The minimum atomic E-state index is -3.61. The van der Waals surface area contributed by atoms with E-state index >= 15 is 0 Å². The molecule has 1 amide bonds. The summed E-state index contributed by atoms with van der Waals surface area (Å²) < 4.78 is 39.3. The van der Waals surface area contributed by atoms with Gasteiger partial charge in [0.25, 0.3) is 5.91 Å². The molecule has 3 aromatic carbocycles. The van der Waals surface area contributed by atoms with Crippen molar-refractivity contribution >= 4 is 21.6 Å². The minimum Gasteiger partial charge on any atom is -0.352 e. The maximum Gasteiger partial charge on any atom is 0.253 e. The Balaban J connectivity index is 1.71. The predicted molar refractivity (Wildman–Crippen MR) is 121 cm³/mol. The van der Waals surface area contributed by atoms with Crippen molar-refractivity contribution in [2.75, 3.05) is 17.1 Å². The van der Waals surface area contributed by atoms with Crippen molar-refractivity contribution < 1.29 is 17.6 Å². The summed E-state index contributed by atoms with van der Waals surface area (Å²) in [6, 6.07) is 22.2. The molecule has 162 valence electrons. The Morgan fingerprint density at radius 2 is 1.55 bits per heavy atom. The van der Waals surface area contributed by atoms with Crippen molar-refractivity contribution in [2.24, 2.45) is 0 Å². The van der Waals surface area contributed by atoms with Gasteiger partial charge in [-0.2, -0.15) is 0 Å². The quantitative estimate of drug-likeness (QED) is 0.508. The number of hydrogen-bond donors (Lipinski definition) is 1. The predicted octanol–water partition coefficient (Wildman–Crippen LogP) is 4.15. The number of nitrogens with zero attached hydrogens (tertiary/aromatic N) is 1. The number of aryl methyl sites for hydroxylation is 1. The van der Waals surface area contributed by atoms with E-state index < -0.39 is 10.0 Å². The van der Waals surface area contributed by atoms with Crippen LogP contribution in [0.1, 0.15) is 27.9 Å². The number of amides is 1. The summed E-state index contributed by atoms with van der Waals surface area (Å²) in [6.45, 7) is 0.552. The molecule has 0 atom stereocenters. The molecule has 0 heterocycles. The molecule has 3 aromatic rings. The third kappa shape index (κ3) is 6.39. The van der Waals surface area contributed by atoms with Crippen LogP contribution in [-0.2, 0) is 23.0 Å². The molecule has 0 aromatic heterocycles. The Morgan fingerprint density at radius 1 is 0.903 bits per heavy atom. The first-order valence-corrected chi connectivity index (χ1v) is 11.8. The number of benzene rings is 3. The monoisotopic (exact) mass is 440 g/mol. The molecule has 5 nitrogen and oxygen atoms in total. The maximum atomic E-state index is 13.0. The first kappa shape index (κ1) is 22.5. The van der Waals surface area contributed by atoms with Crippen molar-refractivity contribution in [3.8, 4) is 0 Å². The van der Waals surface area contributed by atoms with Gasteiger partial charge in [-0.25, -0.2) is 12.8 Å². The Hall–Kier alpha value is -3.19. The van der Waals surface area contributed by atoms with Crippen molar-refractivity contribution in [1.29, 1.82) is 0 Å². The average molecular weight is 441 g/mol. The molecule has 0 aliphatic carbocycles. The molecular weight excluding hydrogens is 415 g/mol. The molecular formula is C24H25FN2O3S. The molecule has 3 rings (SSSR count). The third-order valence-electron chi connectivity index (χ3n) is 4.83. The van der Waals surface area contributed by atoms with E-state index in [-0.39, 0.29) is 18.3 Å². The van der Waals surface area contributed by atoms with Crippen LogP contribution in [0.25, 0.3) is 0 Å². The molecule has 0 bridgehead atoms. The zero-order chi connectivity index (χ0) is 22.3. The molecule has 0 fully saturated rings. The van der Waals surface area contributed by atoms with E-state index in [1.165, 1.54) is 16.4 Å². The molecule has 0 saturated heterocycles. The summed E-state index contributed by atoms with van der Waals surface area (Å²) in [6.07, 6.45) is 2.51. The number of sulfonamides is 1. The summed E-state index contributed by atoms with van der Waals surface area (Å²) in [5.74, 6) is -0.615. The van der Waals surface area contributed by atoms with Crippen molar-refractivity contribution in [2.45, 2.75) is 19.4 Å². The van der Waals surface area contributed by atoms with Crippen LogP contribution in [0.3, 0.4) is 0 Å². The zero-order valence-electron chi connectivity index (χ0n) is 17.3. The Labute approximate surface area is 182 Å². The van der Waals surface area contributed by atoms with Crippen LogP contribution in [0.2, 0.25) is 0 Å². The Morgan fingerprint density at radius 3 is 2.23 bits per heavy atom. The van der Waals surface area contributed by atoms with E-state index in [1.54, 1.807) is 36.4 Å². The van der Waals surface area contributed by atoms with Gasteiger partial charge in [0.05, 0.1) is 24.1 Å². The molecule has 31 heavy (non-hydrogen) atoms. The number of carbonyl (C=O) groups excluding carboxylic acids is 1. The number of para-hydroxylation sites is 1. The second kappa shape index (κ2) is 10.2. The van der Waals surface area contributed by atoms with Gasteiger partial charge >= 0.3 is 0 Å². The van der Waals surface area contributed by atoms with Crippen LogP contribution in [-0.4, -0.2) is 27.1 Å². The van der Waals surface area contributed by atoms with E-state index in [1.807, 2.05) is 30.3 Å². The second-order valence-electron chi connectivity index (χ2n) is 7.26. The normalized spacial score (nSPS) is 11.2. The number of hydrogen-bond acceptors (Lipinski definition) is 3. The van der Waals surface area contributed by atoms with Gasteiger partial charge in [-0.1, -0.05) is 54.6 Å². The fourth-order valence-corrected chi connectivity index (χ4v) is 4.15. The topological polar surface area (TPSA) is 66.5 Å². The minimum absolute atomic E-state index is 0.133. The van der Waals surface area contributed by atoms with Gasteiger partial charge < -0.3 is 5.32 Å². The number of rotatable bonds is 9. The van der Waals surface area contributed by atoms with E-state index in [2.05, 4.69) is 5.32 Å². The largest absolute Gasteiger partial charge is 0.352 e. The highest BCUT2D eigenvalue weighted by molar-refractivity contribution is 7.92. The van der Waals surface area contributed by atoms with E-state index in [4.69, 9.17) is 0 Å². The molecule has 0 spiro atoms. The maximum absolute atomic E-state index is 13.0. The van der Waals surface area contributed by atoms with Crippen LogP contribution < -0.4 is 9.62 Å². The zero-order valence-corrected chi connectivity index (χ0v) is 18.1.